The zero-order valence-electron chi connectivity index (χ0n) is 17.8. The number of sulfonamides is 1. The van der Waals surface area contributed by atoms with E-state index < -0.39 is 32.6 Å². The average Bonchev–Trinajstić information content (AvgIpc) is 3.63. The summed E-state index contributed by atoms with van der Waals surface area (Å²) >= 11 is 0. The van der Waals surface area contributed by atoms with Gasteiger partial charge in [-0.25, -0.2) is 12.8 Å². The van der Waals surface area contributed by atoms with Crippen molar-refractivity contribution in [2.24, 2.45) is 5.92 Å². The van der Waals surface area contributed by atoms with E-state index in [1.54, 1.807) is 17.0 Å². The number of halogens is 4. The highest BCUT2D eigenvalue weighted by atomic mass is 32.2. The van der Waals surface area contributed by atoms with Crippen LogP contribution in [0.5, 0.6) is 0 Å². The summed E-state index contributed by atoms with van der Waals surface area (Å²) in [5, 5.41) is 0. The van der Waals surface area contributed by atoms with Crippen LogP contribution in [0.3, 0.4) is 0 Å². The molecule has 2 fully saturated rings. The monoisotopic (exact) mass is 484 g/mol. The number of hydrogen-bond donors (Lipinski definition) is 0. The first-order valence-electron chi connectivity index (χ1n) is 10.8. The number of carbonyl (C=O) groups excluding carboxylic acids is 1. The molecule has 0 aromatic heterocycles. The van der Waals surface area contributed by atoms with Crippen LogP contribution in [0.4, 0.5) is 17.6 Å². The molecule has 1 amide bonds. The molecule has 1 saturated heterocycles. The minimum atomic E-state index is -4.79. The Kier molecular flexibility index (Phi) is 6.50. The van der Waals surface area contributed by atoms with Crippen molar-refractivity contribution in [1.82, 2.24) is 9.21 Å². The minimum Gasteiger partial charge on any atom is -0.335 e. The fourth-order valence-electron chi connectivity index (χ4n) is 4.20. The van der Waals surface area contributed by atoms with E-state index in [0.717, 1.165) is 40.9 Å². The van der Waals surface area contributed by atoms with Crippen LogP contribution < -0.4 is 0 Å². The van der Waals surface area contributed by atoms with Crippen molar-refractivity contribution in [2.75, 3.05) is 13.1 Å². The van der Waals surface area contributed by atoms with E-state index in [0.29, 0.717) is 6.54 Å². The van der Waals surface area contributed by atoms with Crippen molar-refractivity contribution in [3.63, 3.8) is 0 Å². The van der Waals surface area contributed by atoms with Gasteiger partial charge in [0.25, 0.3) is 0 Å². The van der Waals surface area contributed by atoms with Gasteiger partial charge in [-0.3, -0.25) is 4.79 Å². The molecule has 0 spiro atoms. The molecule has 2 aromatic rings. The van der Waals surface area contributed by atoms with Crippen LogP contribution in [0.25, 0.3) is 0 Å². The molecule has 2 aliphatic rings. The summed E-state index contributed by atoms with van der Waals surface area (Å²) in [5.74, 6) is -0.853. The van der Waals surface area contributed by atoms with Crippen LogP contribution in [0.2, 0.25) is 0 Å². The molecule has 33 heavy (non-hydrogen) atoms. The Hall–Kier alpha value is -2.46. The zero-order chi connectivity index (χ0) is 23.8. The van der Waals surface area contributed by atoms with Gasteiger partial charge in [-0.15, -0.1) is 0 Å². The van der Waals surface area contributed by atoms with Crippen molar-refractivity contribution in [3.05, 3.63) is 65.5 Å². The second-order valence-corrected chi connectivity index (χ2v) is 10.4. The lowest BCUT2D eigenvalue weighted by atomic mass is 9.96. The second-order valence-electron chi connectivity index (χ2n) is 8.50. The first-order chi connectivity index (χ1) is 15.6. The third-order valence-electron chi connectivity index (χ3n) is 6.15. The van der Waals surface area contributed by atoms with Gasteiger partial charge in [0.1, 0.15) is 5.82 Å². The Bertz CT molecular complexity index is 1110. The van der Waals surface area contributed by atoms with Crippen LogP contribution >= 0.6 is 0 Å². The van der Waals surface area contributed by atoms with Crippen molar-refractivity contribution in [3.8, 4) is 0 Å². The summed E-state index contributed by atoms with van der Waals surface area (Å²) < 4.78 is 80.1. The fraction of sp³-hybridized carbons (Fsp3) is 0.435. The molecule has 0 radical (unpaired) electrons. The molecular weight excluding hydrogens is 460 g/mol. The largest absolute Gasteiger partial charge is 0.417 e. The molecule has 0 bridgehead atoms. The lowest BCUT2D eigenvalue weighted by Crippen LogP contribution is -2.45. The van der Waals surface area contributed by atoms with Gasteiger partial charge in [-0.05, 0) is 55.5 Å². The van der Waals surface area contributed by atoms with E-state index in [9.17, 15) is 30.8 Å². The summed E-state index contributed by atoms with van der Waals surface area (Å²) in [7, 11) is -4.35. The first kappa shape index (κ1) is 23.7. The Morgan fingerprint density at radius 2 is 1.58 bits per heavy atom. The Labute approximate surface area is 190 Å². The van der Waals surface area contributed by atoms with Gasteiger partial charge in [0.15, 0.2) is 0 Å². The number of rotatable bonds is 6. The number of hydrogen-bond acceptors (Lipinski definition) is 3. The van der Waals surface area contributed by atoms with Crippen molar-refractivity contribution in [2.45, 2.75) is 49.3 Å². The molecule has 1 aliphatic carbocycles. The van der Waals surface area contributed by atoms with Gasteiger partial charge in [-0.2, -0.15) is 17.5 Å². The summed E-state index contributed by atoms with van der Waals surface area (Å²) in [5.41, 5.74) is -0.386. The van der Waals surface area contributed by atoms with Gasteiger partial charge in [0.2, 0.25) is 15.9 Å². The van der Waals surface area contributed by atoms with Crippen LogP contribution in [0, 0.1) is 11.7 Å². The number of alkyl halides is 3. The molecule has 0 N–H and O–H groups in total. The highest BCUT2D eigenvalue weighted by molar-refractivity contribution is 7.89. The third-order valence-corrected chi connectivity index (χ3v) is 8.11. The minimum absolute atomic E-state index is 0.0278. The van der Waals surface area contributed by atoms with Crippen LogP contribution in [0.1, 0.15) is 36.8 Å². The molecule has 2 aromatic carbocycles. The Balaban J connectivity index is 1.45. The van der Waals surface area contributed by atoms with Crippen LogP contribution in [0.15, 0.2) is 53.4 Å². The smallest absolute Gasteiger partial charge is 0.335 e. The highest BCUT2D eigenvalue weighted by Gasteiger charge is 2.41. The molecule has 1 aliphatic heterocycles. The van der Waals surface area contributed by atoms with Crippen molar-refractivity contribution in [1.29, 1.82) is 0 Å². The van der Waals surface area contributed by atoms with Gasteiger partial charge >= 0.3 is 6.18 Å². The van der Waals surface area contributed by atoms with Gasteiger partial charge < -0.3 is 4.90 Å². The van der Waals surface area contributed by atoms with E-state index in [1.165, 1.54) is 18.2 Å². The average molecular weight is 485 g/mol. The summed E-state index contributed by atoms with van der Waals surface area (Å²) in [6, 6.07) is 10.2. The van der Waals surface area contributed by atoms with E-state index in [4.69, 9.17) is 0 Å². The molecule has 5 nitrogen and oxygen atoms in total. The molecular formula is C23H24F4N2O3S. The standard InChI is InChI=1S/C23H24F4N2O3S/c24-18-7-5-16(6-8-18)15-29(19-9-10-19)22(30)17-11-13-28(14-12-17)33(31,32)21-4-2-1-3-20(21)23(25,26)27/h1-8,17,19H,9-15H2. The molecule has 0 atom stereocenters. The maximum atomic E-state index is 13.3. The zero-order valence-corrected chi connectivity index (χ0v) is 18.6. The lowest BCUT2D eigenvalue weighted by Gasteiger charge is -2.34. The number of carbonyl (C=O) groups is 1. The van der Waals surface area contributed by atoms with Crippen molar-refractivity contribution >= 4 is 15.9 Å². The predicted octanol–water partition coefficient (Wildman–Crippen LogP) is 4.44. The lowest BCUT2D eigenvalue weighted by molar-refractivity contribution is -0.140. The van der Waals surface area contributed by atoms with Gasteiger partial charge in [0, 0.05) is 31.6 Å². The first-order valence-corrected chi connectivity index (χ1v) is 12.2. The second kappa shape index (κ2) is 9.06. The maximum absolute atomic E-state index is 13.3. The summed E-state index contributed by atoms with van der Waals surface area (Å²) in [6.45, 7) is 0.293. The SMILES string of the molecule is O=C(C1CCN(S(=O)(=O)c2ccccc2C(F)(F)F)CC1)N(Cc1ccc(F)cc1)C1CC1. The van der Waals surface area contributed by atoms with E-state index >= 15 is 0 Å². The molecule has 178 valence electrons. The number of piperidine rings is 1. The Morgan fingerprint density at radius 3 is 2.15 bits per heavy atom. The molecule has 1 heterocycles. The van der Waals surface area contributed by atoms with E-state index in [2.05, 4.69) is 0 Å². The van der Waals surface area contributed by atoms with E-state index in [1.807, 2.05) is 0 Å². The number of amides is 1. The molecule has 4 rings (SSSR count). The maximum Gasteiger partial charge on any atom is 0.417 e. The molecule has 1 saturated carbocycles. The number of benzene rings is 2. The highest BCUT2D eigenvalue weighted by Crippen LogP contribution is 2.37. The quantitative estimate of drug-likeness (QED) is 0.570. The fourth-order valence-corrected chi connectivity index (χ4v) is 5.88. The third kappa shape index (κ3) is 5.22. The van der Waals surface area contributed by atoms with Gasteiger partial charge in [-0.1, -0.05) is 24.3 Å². The molecule has 0 unspecified atom stereocenters. The predicted molar refractivity (Wildman–Crippen MR) is 113 cm³/mol. The summed E-state index contributed by atoms with van der Waals surface area (Å²) in [6.07, 6.45) is -2.55. The van der Waals surface area contributed by atoms with Crippen molar-refractivity contribution < 1.29 is 30.8 Å². The van der Waals surface area contributed by atoms with E-state index in [-0.39, 0.29) is 43.7 Å². The molecule has 10 heteroatoms. The normalized spacial score (nSPS) is 18.3. The topological polar surface area (TPSA) is 57.7 Å². The number of nitrogens with zero attached hydrogens (tertiary/aromatic N) is 2. The van der Waals surface area contributed by atoms with Crippen LogP contribution in [-0.4, -0.2) is 42.7 Å². The summed E-state index contributed by atoms with van der Waals surface area (Å²) in [4.78, 5) is 14.2. The Morgan fingerprint density at radius 1 is 0.970 bits per heavy atom. The van der Waals surface area contributed by atoms with Gasteiger partial charge in [0.05, 0.1) is 10.5 Å². The van der Waals surface area contributed by atoms with Crippen LogP contribution in [-0.2, 0) is 27.5 Å².